The molecule has 7 nitrogen and oxygen atoms in total. The number of hydrogen-bond acceptors (Lipinski definition) is 6. The summed E-state index contributed by atoms with van der Waals surface area (Å²) in [6.07, 6.45) is -0.665. The Morgan fingerprint density at radius 3 is 2.56 bits per heavy atom. The van der Waals surface area contributed by atoms with Gasteiger partial charge in [0.1, 0.15) is 5.71 Å². The molecule has 0 saturated heterocycles. The van der Waals surface area contributed by atoms with Crippen LogP contribution in [0.4, 0.5) is 18.9 Å². The number of hydrogen-bond donors (Lipinski definition) is 2. The summed E-state index contributed by atoms with van der Waals surface area (Å²) in [5.74, 6) is -1.78. The van der Waals surface area contributed by atoms with Gasteiger partial charge in [0, 0.05) is 12.1 Å². The first-order valence-electron chi connectivity index (χ1n) is 6.70. The smallest absolute Gasteiger partial charge is 0.432 e. The van der Waals surface area contributed by atoms with Gasteiger partial charge in [-0.15, -0.1) is 0 Å². The topological polar surface area (TPSA) is 120 Å². The molecule has 0 radical (unpaired) electrons. The van der Waals surface area contributed by atoms with Crippen LogP contribution in [0.5, 0.6) is 11.5 Å². The molecule has 2 N–H and O–H groups in total. The number of phenolic OH excluding ortho intramolecular Hbond substituents is 2. The Balaban J connectivity index is 2.61. The van der Waals surface area contributed by atoms with Crippen LogP contribution in [-0.4, -0.2) is 33.6 Å². The van der Waals surface area contributed by atoms with E-state index in [1.165, 1.54) is 6.08 Å². The second-order valence-corrected chi connectivity index (χ2v) is 5.16. The standard InChI is InChI=1S/C15H10F3N3O4/c16-15(17,18)12-2-4-14(8-20-12,3-1-5-19)9-6-10(21(24)25)13(23)11(22)7-9/h1-4,6-7,22-23H,8H2/b3-1-. The number of aromatic hydroxyl groups is 2. The predicted octanol–water partition coefficient (Wildman–Crippen LogP) is 2.90. The van der Waals surface area contributed by atoms with Crippen molar-refractivity contribution in [1.29, 1.82) is 5.26 Å². The molecule has 0 fully saturated rings. The molecule has 0 aliphatic carbocycles. The highest BCUT2D eigenvalue weighted by Gasteiger charge is 2.39. The number of alkyl halides is 3. The van der Waals surface area contributed by atoms with E-state index in [0.29, 0.717) is 6.08 Å². The summed E-state index contributed by atoms with van der Waals surface area (Å²) < 4.78 is 38.2. The molecule has 10 heteroatoms. The van der Waals surface area contributed by atoms with Gasteiger partial charge in [-0.1, -0.05) is 12.2 Å². The summed E-state index contributed by atoms with van der Waals surface area (Å²) in [5.41, 5.74) is -3.37. The Kier molecular flexibility index (Phi) is 4.52. The lowest BCUT2D eigenvalue weighted by Crippen LogP contribution is -2.32. The van der Waals surface area contributed by atoms with Crippen LogP contribution in [0, 0.1) is 21.4 Å². The van der Waals surface area contributed by atoms with E-state index in [-0.39, 0.29) is 5.56 Å². The number of nitrogens with zero attached hydrogens (tertiary/aromatic N) is 3. The summed E-state index contributed by atoms with van der Waals surface area (Å²) in [4.78, 5) is 13.5. The molecular formula is C15H10F3N3O4. The Hall–Kier alpha value is -3.35. The first-order valence-corrected chi connectivity index (χ1v) is 6.70. The number of nitro groups is 1. The lowest BCUT2D eigenvalue weighted by atomic mass is 9.78. The van der Waals surface area contributed by atoms with E-state index < -0.39 is 46.0 Å². The first-order chi connectivity index (χ1) is 11.6. The second kappa shape index (κ2) is 6.27. The number of nitro benzene ring substituents is 1. The van der Waals surface area contributed by atoms with Crippen LogP contribution in [-0.2, 0) is 5.41 Å². The van der Waals surface area contributed by atoms with Gasteiger partial charge in [-0.05, 0) is 17.7 Å². The van der Waals surface area contributed by atoms with Gasteiger partial charge < -0.3 is 10.2 Å². The van der Waals surface area contributed by atoms with Crippen molar-refractivity contribution in [1.82, 2.24) is 0 Å². The summed E-state index contributed by atoms with van der Waals surface area (Å²) >= 11 is 0. The Bertz CT molecular complexity index is 853. The van der Waals surface area contributed by atoms with Gasteiger partial charge in [0.15, 0.2) is 5.75 Å². The average Bonchev–Trinajstić information content (AvgIpc) is 2.54. The predicted molar refractivity (Wildman–Crippen MR) is 80.4 cm³/mol. The SMILES string of the molecule is N#C/C=C\C1(c2cc(O)c(O)c([N+](=O)[O-])c2)C=CC(C(F)(F)F)=NC1. The molecule has 0 saturated carbocycles. The molecule has 130 valence electrons. The van der Waals surface area contributed by atoms with Crippen molar-refractivity contribution in [2.45, 2.75) is 11.6 Å². The molecule has 1 heterocycles. The van der Waals surface area contributed by atoms with Gasteiger partial charge in [-0.2, -0.15) is 18.4 Å². The third-order valence-electron chi connectivity index (χ3n) is 3.60. The lowest BCUT2D eigenvalue weighted by Gasteiger charge is -2.29. The van der Waals surface area contributed by atoms with E-state index in [0.717, 1.165) is 24.3 Å². The van der Waals surface area contributed by atoms with Crippen LogP contribution in [0.25, 0.3) is 0 Å². The minimum Gasteiger partial charge on any atom is -0.504 e. The molecule has 0 amide bonds. The maximum absolute atomic E-state index is 12.7. The zero-order valence-electron chi connectivity index (χ0n) is 12.4. The highest BCUT2D eigenvalue weighted by molar-refractivity contribution is 6.00. The van der Waals surface area contributed by atoms with Crippen molar-refractivity contribution < 1.29 is 28.3 Å². The van der Waals surface area contributed by atoms with Gasteiger partial charge in [-0.3, -0.25) is 15.1 Å². The lowest BCUT2D eigenvalue weighted by molar-refractivity contribution is -0.386. The fourth-order valence-corrected chi connectivity index (χ4v) is 2.32. The van der Waals surface area contributed by atoms with E-state index in [2.05, 4.69) is 4.99 Å². The molecule has 1 aromatic carbocycles. The fourth-order valence-electron chi connectivity index (χ4n) is 2.32. The second-order valence-electron chi connectivity index (χ2n) is 5.16. The number of aliphatic imine (C=N–C) groups is 1. The molecule has 0 bridgehead atoms. The molecule has 2 rings (SSSR count). The Labute approximate surface area is 138 Å². The van der Waals surface area contributed by atoms with Crippen molar-refractivity contribution in [2.75, 3.05) is 6.54 Å². The van der Waals surface area contributed by atoms with Crippen molar-refractivity contribution in [2.24, 2.45) is 4.99 Å². The maximum atomic E-state index is 12.7. The maximum Gasteiger partial charge on any atom is 0.432 e. The van der Waals surface area contributed by atoms with Crippen LogP contribution in [0.1, 0.15) is 5.56 Å². The number of rotatable bonds is 3. The molecule has 0 aromatic heterocycles. The van der Waals surface area contributed by atoms with Crippen LogP contribution in [0.15, 0.2) is 41.4 Å². The molecular weight excluding hydrogens is 343 g/mol. The van der Waals surface area contributed by atoms with Gasteiger partial charge >= 0.3 is 11.9 Å². The summed E-state index contributed by atoms with van der Waals surface area (Å²) in [6.45, 7) is -0.488. The van der Waals surface area contributed by atoms with Crippen molar-refractivity contribution in [3.63, 3.8) is 0 Å². The summed E-state index contributed by atoms with van der Waals surface area (Å²) in [7, 11) is 0. The number of nitriles is 1. The van der Waals surface area contributed by atoms with E-state index in [1.807, 2.05) is 0 Å². The molecule has 1 unspecified atom stereocenters. The van der Waals surface area contributed by atoms with Crippen molar-refractivity contribution >= 4 is 11.4 Å². The molecule has 1 aliphatic heterocycles. The first kappa shape index (κ1) is 18.0. The molecule has 0 spiro atoms. The van der Waals surface area contributed by atoms with E-state index in [9.17, 15) is 33.5 Å². The van der Waals surface area contributed by atoms with Gasteiger partial charge in [0.05, 0.1) is 23.0 Å². The highest BCUT2D eigenvalue weighted by atomic mass is 19.4. The monoisotopic (exact) mass is 353 g/mol. The van der Waals surface area contributed by atoms with Gasteiger partial charge in [0.2, 0.25) is 5.75 Å². The number of phenols is 2. The van der Waals surface area contributed by atoms with E-state index in [1.54, 1.807) is 6.07 Å². The largest absolute Gasteiger partial charge is 0.504 e. The minimum atomic E-state index is -4.66. The number of dihydropyridines is 1. The van der Waals surface area contributed by atoms with Crippen LogP contribution in [0.3, 0.4) is 0 Å². The minimum absolute atomic E-state index is 0.00206. The van der Waals surface area contributed by atoms with Crippen molar-refractivity contribution in [3.8, 4) is 17.6 Å². The van der Waals surface area contributed by atoms with Gasteiger partial charge in [-0.25, -0.2) is 0 Å². The van der Waals surface area contributed by atoms with Crippen LogP contribution >= 0.6 is 0 Å². The van der Waals surface area contributed by atoms with E-state index in [4.69, 9.17) is 5.26 Å². The van der Waals surface area contributed by atoms with Crippen LogP contribution < -0.4 is 0 Å². The normalized spacial score (nSPS) is 20.3. The fraction of sp³-hybridized carbons (Fsp3) is 0.200. The quantitative estimate of drug-likeness (QED) is 0.375. The number of benzene rings is 1. The zero-order valence-corrected chi connectivity index (χ0v) is 12.4. The molecule has 25 heavy (non-hydrogen) atoms. The Morgan fingerprint density at radius 2 is 2.08 bits per heavy atom. The number of allylic oxidation sites excluding steroid dienone is 2. The molecule has 1 atom stereocenters. The summed E-state index contributed by atoms with van der Waals surface area (Å²) in [6, 6.07) is 3.57. The highest BCUT2D eigenvalue weighted by Crippen LogP contribution is 2.42. The average molecular weight is 353 g/mol. The molecule has 1 aromatic rings. The Morgan fingerprint density at radius 1 is 1.40 bits per heavy atom. The van der Waals surface area contributed by atoms with Gasteiger partial charge in [0.25, 0.3) is 0 Å². The third-order valence-corrected chi connectivity index (χ3v) is 3.60. The number of halogens is 3. The molecule has 1 aliphatic rings. The summed E-state index contributed by atoms with van der Waals surface area (Å²) in [5, 5.41) is 38.9. The van der Waals surface area contributed by atoms with E-state index >= 15 is 0 Å². The van der Waals surface area contributed by atoms with Crippen molar-refractivity contribution in [3.05, 3.63) is 52.1 Å². The zero-order chi connectivity index (χ0) is 18.8. The third kappa shape index (κ3) is 3.45. The van der Waals surface area contributed by atoms with Crippen LogP contribution in [0.2, 0.25) is 0 Å².